The number of ether oxygens (including phenoxy) is 1. The van der Waals surface area contributed by atoms with Crippen LogP contribution < -0.4 is 5.32 Å². The van der Waals surface area contributed by atoms with Gasteiger partial charge >= 0.3 is 5.97 Å². The van der Waals surface area contributed by atoms with Gasteiger partial charge in [-0.05, 0) is 38.5 Å². The van der Waals surface area contributed by atoms with Crippen molar-refractivity contribution in [3.8, 4) is 0 Å². The Morgan fingerprint density at radius 1 is 0.534 bits per heavy atom. The fourth-order valence-electron chi connectivity index (χ4n) is 6.57. The molecule has 0 aliphatic heterocycles. The van der Waals surface area contributed by atoms with E-state index < -0.39 is 18.2 Å². The Bertz CT molecular complexity index is 1180. The van der Waals surface area contributed by atoms with Crippen molar-refractivity contribution in [2.75, 3.05) is 6.61 Å². The fourth-order valence-corrected chi connectivity index (χ4v) is 6.57. The van der Waals surface area contributed by atoms with Crippen molar-refractivity contribution >= 4 is 11.9 Å². The summed E-state index contributed by atoms with van der Waals surface area (Å²) in [7, 11) is 0. The van der Waals surface area contributed by atoms with E-state index in [9.17, 15) is 19.8 Å². The van der Waals surface area contributed by atoms with Gasteiger partial charge in [0.25, 0.3) is 0 Å². The molecule has 0 aromatic rings. The Morgan fingerprint density at radius 2 is 0.966 bits per heavy atom. The van der Waals surface area contributed by atoms with Crippen LogP contribution in [0.2, 0.25) is 0 Å². The first-order valence-corrected chi connectivity index (χ1v) is 23.6. The minimum absolute atomic E-state index is 0.0322. The monoisotopic (exact) mass is 806 g/mol. The Labute approximate surface area is 356 Å². The fraction of sp³-hybridized carbons (Fsp3) is 0.654. The van der Waals surface area contributed by atoms with Crippen LogP contribution in [0.3, 0.4) is 0 Å². The molecule has 0 aromatic carbocycles. The lowest BCUT2D eigenvalue weighted by Gasteiger charge is -2.24. The summed E-state index contributed by atoms with van der Waals surface area (Å²) >= 11 is 0. The van der Waals surface area contributed by atoms with Gasteiger partial charge in [-0.1, -0.05) is 234 Å². The maximum atomic E-state index is 13.1. The van der Waals surface area contributed by atoms with Crippen LogP contribution in [0, 0.1) is 0 Å². The maximum Gasteiger partial charge on any atom is 0.306 e. The van der Waals surface area contributed by atoms with E-state index in [1.165, 1.54) is 77.0 Å². The van der Waals surface area contributed by atoms with Gasteiger partial charge in [0.1, 0.15) is 6.10 Å². The van der Waals surface area contributed by atoms with Crippen LogP contribution in [-0.2, 0) is 14.3 Å². The van der Waals surface area contributed by atoms with Crippen molar-refractivity contribution in [3.63, 3.8) is 0 Å². The number of carbonyl (C=O) groups is 2. The molecule has 0 rings (SSSR count). The highest BCUT2D eigenvalue weighted by molar-refractivity contribution is 5.77. The first-order chi connectivity index (χ1) is 28.5. The minimum Gasteiger partial charge on any atom is -0.461 e. The smallest absolute Gasteiger partial charge is 0.306 e. The summed E-state index contributed by atoms with van der Waals surface area (Å²) in [4.78, 5) is 25.9. The molecule has 6 heteroatoms. The lowest BCUT2D eigenvalue weighted by atomic mass is 10.0. The molecular formula is C52H87NO5. The van der Waals surface area contributed by atoms with Gasteiger partial charge in [-0.2, -0.15) is 0 Å². The van der Waals surface area contributed by atoms with Gasteiger partial charge in [-0.15, -0.1) is 0 Å². The van der Waals surface area contributed by atoms with Gasteiger partial charge in [0, 0.05) is 12.8 Å². The number of nitrogens with one attached hydrogen (secondary N) is 1. The highest BCUT2D eigenvalue weighted by atomic mass is 16.5. The van der Waals surface area contributed by atoms with E-state index in [1.807, 2.05) is 54.7 Å². The Balaban J connectivity index is 4.70. The second-order valence-corrected chi connectivity index (χ2v) is 15.6. The number of esters is 1. The maximum absolute atomic E-state index is 13.1. The van der Waals surface area contributed by atoms with Crippen LogP contribution >= 0.6 is 0 Å². The largest absolute Gasteiger partial charge is 0.461 e. The van der Waals surface area contributed by atoms with Gasteiger partial charge < -0.3 is 20.3 Å². The van der Waals surface area contributed by atoms with Crippen LogP contribution in [-0.4, -0.2) is 46.9 Å². The van der Waals surface area contributed by atoms with Crippen molar-refractivity contribution in [1.82, 2.24) is 5.32 Å². The summed E-state index contributed by atoms with van der Waals surface area (Å²) in [6, 6.07) is -0.748. The summed E-state index contributed by atoms with van der Waals surface area (Å²) in [6.07, 6.45) is 59.2. The summed E-state index contributed by atoms with van der Waals surface area (Å²) in [5.74, 6) is -0.641. The van der Waals surface area contributed by atoms with E-state index in [-0.39, 0.29) is 24.9 Å². The van der Waals surface area contributed by atoms with E-state index in [4.69, 9.17) is 4.74 Å². The second-order valence-electron chi connectivity index (χ2n) is 15.6. The van der Waals surface area contributed by atoms with Gasteiger partial charge in [-0.25, -0.2) is 0 Å². The zero-order valence-electron chi connectivity index (χ0n) is 37.4. The number of unbranched alkanes of at least 4 members (excludes halogenated alkanes) is 19. The van der Waals surface area contributed by atoms with Crippen molar-refractivity contribution in [1.29, 1.82) is 0 Å². The predicted octanol–water partition coefficient (Wildman–Crippen LogP) is 13.8. The van der Waals surface area contributed by atoms with E-state index in [0.717, 1.165) is 70.6 Å². The molecule has 330 valence electrons. The third kappa shape index (κ3) is 39.6. The lowest BCUT2D eigenvalue weighted by Crippen LogP contribution is -2.46. The molecule has 0 fully saturated rings. The first kappa shape index (κ1) is 54.8. The number of allylic oxidation sites excluding steroid dienone is 15. The number of hydrogen-bond acceptors (Lipinski definition) is 5. The van der Waals surface area contributed by atoms with E-state index in [2.05, 4.69) is 68.6 Å². The third-order valence-electron chi connectivity index (χ3n) is 10.1. The van der Waals surface area contributed by atoms with Gasteiger partial charge in [-0.3, -0.25) is 9.59 Å². The molecule has 0 spiro atoms. The molecule has 3 N–H and O–H groups in total. The molecule has 1 amide bonds. The van der Waals surface area contributed by atoms with Crippen molar-refractivity contribution in [2.24, 2.45) is 0 Å². The van der Waals surface area contributed by atoms with Crippen LogP contribution in [0.5, 0.6) is 0 Å². The third-order valence-corrected chi connectivity index (χ3v) is 10.1. The lowest BCUT2D eigenvalue weighted by molar-refractivity contribution is -0.150. The standard InChI is InChI=1S/C52H87NO5/c1-4-7-10-13-16-19-22-24-25-27-29-32-35-38-41-44-50(55)49(47-54)53-51(56)46-48(43-40-37-34-31-28-21-18-15-12-9-6-3)58-52(57)45-42-39-36-33-30-26-23-20-17-14-11-8-5-2/h8-9,11-12,14-15,17-18,20-21,23,28,31,34,37,40,48-50,54-55H,4-7,10,13,16,19,22,24-27,29-30,32-33,35-36,38-39,41-47H2,1-3H3,(H,53,56)/b11-8+,12-9+,17-14+,18-15+,23-20-,28-21-,34-31-,40-37+. The summed E-state index contributed by atoms with van der Waals surface area (Å²) < 4.78 is 5.81. The van der Waals surface area contributed by atoms with Crippen molar-refractivity contribution in [3.05, 3.63) is 97.2 Å². The molecule has 0 radical (unpaired) electrons. The van der Waals surface area contributed by atoms with Gasteiger partial charge in [0.2, 0.25) is 5.91 Å². The Morgan fingerprint density at radius 3 is 1.47 bits per heavy atom. The SMILES string of the molecule is CC/C=C/C=C/C=C\C=C/C=C/CC(CC(=O)NC(CO)C(O)CCCCCCCCCCCCCCCCC)OC(=O)CCCCCCC\C=C/C=C/C=C/CC. The van der Waals surface area contributed by atoms with E-state index in [0.29, 0.717) is 19.3 Å². The molecule has 0 bridgehead atoms. The highest BCUT2D eigenvalue weighted by Crippen LogP contribution is 2.16. The van der Waals surface area contributed by atoms with Crippen molar-refractivity contribution < 1.29 is 24.5 Å². The average Bonchev–Trinajstić information content (AvgIpc) is 3.22. The highest BCUT2D eigenvalue weighted by Gasteiger charge is 2.23. The topological polar surface area (TPSA) is 95.9 Å². The van der Waals surface area contributed by atoms with Gasteiger partial charge in [0.15, 0.2) is 0 Å². The quantitative estimate of drug-likeness (QED) is 0.0326. The molecule has 0 saturated carbocycles. The zero-order valence-corrected chi connectivity index (χ0v) is 37.4. The number of rotatable bonds is 40. The second kappa shape index (κ2) is 44.9. The zero-order chi connectivity index (χ0) is 42.4. The molecule has 0 aliphatic carbocycles. The van der Waals surface area contributed by atoms with Crippen LogP contribution in [0.1, 0.15) is 194 Å². The number of hydrogen-bond donors (Lipinski definition) is 3. The normalized spacial score (nSPS) is 14.2. The molecule has 0 aliphatic rings. The predicted molar refractivity (Wildman–Crippen MR) is 250 cm³/mol. The van der Waals surface area contributed by atoms with E-state index in [1.54, 1.807) is 0 Å². The van der Waals surface area contributed by atoms with Crippen molar-refractivity contribution in [2.45, 2.75) is 212 Å². The van der Waals surface area contributed by atoms with Crippen LogP contribution in [0.4, 0.5) is 0 Å². The molecule has 0 aromatic heterocycles. The number of amides is 1. The molecule has 58 heavy (non-hydrogen) atoms. The average molecular weight is 806 g/mol. The molecule has 3 atom stereocenters. The molecule has 0 heterocycles. The summed E-state index contributed by atoms with van der Waals surface area (Å²) in [5.41, 5.74) is 0. The van der Waals surface area contributed by atoms with Crippen LogP contribution in [0.25, 0.3) is 0 Å². The summed E-state index contributed by atoms with van der Waals surface area (Å²) in [5, 5.41) is 23.6. The first-order valence-electron chi connectivity index (χ1n) is 23.6. The minimum atomic E-state index is -0.826. The van der Waals surface area contributed by atoms with Crippen LogP contribution in [0.15, 0.2) is 97.2 Å². The van der Waals surface area contributed by atoms with E-state index >= 15 is 0 Å². The molecular weight excluding hydrogens is 719 g/mol. The number of carbonyl (C=O) groups excluding carboxylic acids is 2. The summed E-state index contributed by atoms with van der Waals surface area (Å²) in [6.45, 7) is 6.14. The Kier molecular flexibility index (Phi) is 42.4. The number of aliphatic hydroxyl groups excluding tert-OH is 2. The molecule has 3 unspecified atom stereocenters. The molecule has 0 saturated heterocycles. The number of aliphatic hydroxyl groups is 2. The Hall–Kier alpha value is -3.22. The molecule has 6 nitrogen and oxygen atoms in total. The van der Waals surface area contributed by atoms with Gasteiger partial charge in [0.05, 0.1) is 25.2 Å².